The number of hydrogen-bond acceptors (Lipinski definition) is 3. The summed E-state index contributed by atoms with van der Waals surface area (Å²) >= 11 is 0. The standard InChI is InChI=1S/C19H23N3O/c1-13(11-20-3)17-9-15(12-22-8-7-21-14(22)2)10-18-16(17)5-4-6-19(18)23/h7-11,20H,4-6,12H2,1-3H3/b13-11+. The molecule has 0 unspecified atom stereocenters. The number of benzene rings is 1. The van der Waals surface area contributed by atoms with Crippen molar-refractivity contribution in [3.63, 3.8) is 0 Å². The molecule has 0 fully saturated rings. The minimum atomic E-state index is 0.272. The van der Waals surface area contributed by atoms with Crippen molar-refractivity contribution in [1.29, 1.82) is 0 Å². The summed E-state index contributed by atoms with van der Waals surface area (Å²) in [6.07, 6.45) is 8.38. The van der Waals surface area contributed by atoms with Gasteiger partial charge < -0.3 is 9.88 Å². The third-order valence-corrected chi connectivity index (χ3v) is 4.50. The summed E-state index contributed by atoms with van der Waals surface area (Å²) in [5, 5.41) is 3.10. The summed E-state index contributed by atoms with van der Waals surface area (Å²) in [7, 11) is 1.90. The van der Waals surface area contributed by atoms with E-state index < -0.39 is 0 Å². The van der Waals surface area contributed by atoms with Gasteiger partial charge >= 0.3 is 0 Å². The second-order valence-corrected chi connectivity index (χ2v) is 6.16. The molecule has 1 aromatic carbocycles. The first-order chi connectivity index (χ1) is 11.1. The summed E-state index contributed by atoms with van der Waals surface area (Å²) in [6.45, 7) is 4.83. The third kappa shape index (κ3) is 3.07. The molecule has 1 N–H and O–H groups in total. The van der Waals surface area contributed by atoms with Gasteiger partial charge in [-0.2, -0.15) is 0 Å². The van der Waals surface area contributed by atoms with E-state index in [1.54, 1.807) is 0 Å². The molecule has 4 heteroatoms. The molecule has 120 valence electrons. The average molecular weight is 309 g/mol. The quantitative estimate of drug-likeness (QED) is 0.942. The first kappa shape index (κ1) is 15.5. The van der Waals surface area contributed by atoms with Crippen LogP contribution in [0.15, 0.2) is 30.7 Å². The van der Waals surface area contributed by atoms with E-state index in [1.165, 1.54) is 16.7 Å². The van der Waals surface area contributed by atoms with Crippen molar-refractivity contribution >= 4 is 11.4 Å². The number of imidazole rings is 1. The van der Waals surface area contributed by atoms with Crippen LogP contribution in [0.4, 0.5) is 0 Å². The maximum absolute atomic E-state index is 12.4. The Morgan fingerprint density at radius 2 is 2.22 bits per heavy atom. The van der Waals surface area contributed by atoms with Crippen LogP contribution in [0.3, 0.4) is 0 Å². The molecule has 23 heavy (non-hydrogen) atoms. The molecule has 0 atom stereocenters. The van der Waals surface area contributed by atoms with E-state index in [4.69, 9.17) is 0 Å². The van der Waals surface area contributed by atoms with Gasteiger partial charge in [-0.05, 0) is 67.3 Å². The number of nitrogens with zero attached hydrogens (tertiary/aromatic N) is 2. The number of hydrogen-bond donors (Lipinski definition) is 1. The van der Waals surface area contributed by atoms with E-state index in [0.717, 1.165) is 36.3 Å². The average Bonchev–Trinajstić information content (AvgIpc) is 2.93. The van der Waals surface area contributed by atoms with Crippen molar-refractivity contribution in [3.8, 4) is 0 Å². The second kappa shape index (κ2) is 6.41. The number of rotatable bonds is 4. The predicted molar refractivity (Wildman–Crippen MR) is 92.5 cm³/mol. The highest BCUT2D eigenvalue weighted by Gasteiger charge is 2.21. The van der Waals surface area contributed by atoms with Gasteiger partial charge in [-0.1, -0.05) is 0 Å². The molecule has 0 spiro atoms. The van der Waals surface area contributed by atoms with Crippen molar-refractivity contribution in [2.45, 2.75) is 39.7 Å². The van der Waals surface area contributed by atoms with Crippen LogP contribution in [0.2, 0.25) is 0 Å². The van der Waals surface area contributed by atoms with Crippen molar-refractivity contribution in [3.05, 3.63) is 58.8 Å². The van der Waals surface area contributed by atoms with E-state index in [2.05, 4.69) is 33.9 Å². The Morgan fingerprint density at radius 1 is 1.39 bits per heavy atom. The van der Waals surface area contributed by atoms with Crippen molar-refractivity contribution in [1.82, 2.24) is 14.9 Å². The Morgan fingerprint density at radius 3 is 2.91 bits per heavy atom. The second-order valence-electron chi connectivity index (χ2n) is 6.16. The van der Waals surface area contributed by atoms with Crippen LogP contribution in [0.1, 0.15) is 52.6 Å². The van der Waals surface area contributed by atoms with Crippen LogP contribution in [0.5, 0.6) is 0 Å². The first-order valence-electron chi connectivity index (χ1n) is 8.11. The zero-order chi connectivity index (χ0) is 16.4. The summed E-state index contributed by atoms with van der Waals surface area (Å²) in [5.74, 6) is 1.26. The molecule has 0 saturated heterocycles. The molecule has 1 heterocycles. The topological polar surface area (TPSA) is 46.9 Å². The Bertz CT molecular complexity index is 771. The van der Waals surface area contributed by atoms with Gasteiger partial charge in [-0.15, -0.1) is 0 Å². The van der Waals surface area contributed by atoms with Gasteiger partial charge in [-0.25, -0.2) is 4.98 Å². The Hall–Kier alpha value is -2.36. The number of carbonyl (C=O) groups is 1. The van der Waals surface area contributed by atoms with Gasteiger partial charge in [0.25, 0.3) is 0 Å². The maximum atomic E-state index is 12.4. The van der Waals surface area contributed by atoms with Crippen LogP contribution >= 0.6 is 0 Å². The summed E-state index contributed by atoms with van der Waals surface area (Å²) in [5.41, 5.74) is 5.63. The van der Waals surface area contributed by atoms with Gasteiger partial charge in [0.05, 0.1) is 0 Å². The lowest BCUT2D eigenvalue weighted by molar-refractivity contribution is 0.0972. The number of fused-ring (bicyclic) bond motifs is 1. The maximum Gasteiger partial charge on any atom is 0.163 e. The lowest BCUT2D eigenvalue weighted by Crippen LogP contribution is -2.15. The normalized spacial score (nSPS) is 14.7. The molecule has 0 radical (unpaired) electrons. The molecule has 0 aliphatic heterocycles. The van der Waals surface area contributed by atoms with Crippen molar-refractivity contribution in [2.24, 2.45) is 0 Å². The van der Waals surface area contributed by atoms with Gasteiger partial charge in [0.2, 0.25) is 0 Å². The smallest absolute Gasteiger partial charge is 0.163 e. The highest BCUT2D eigenvalue weighted by molar-refractivity contribution is 6.00. The zero-order valence-electron chi connectivity index (χ0n) is 14.0. The van der Waals surface area contributed by atoms with E-state index in [0.29, 0.717) is 6.42 Å². The first-order valence-corrected chi connectivity index (χ1v) is 8.11. The summed E-state index contributed by atoms with van der Waals surface area (Å²) in [6, 6.07) is 4.30. The Labute approximate surface area is 137 Å². The number of aryl methyl sites for hydroxylation is 1. The number of allylic oxidation sites excluding steroid dienone is 1. The monoisotopic (exact) mass is 309 g/mol. The number of aromatic nitrogens is 2. The molecule has 4 nitrogen and oxygen atoms in total. The van der Waals surface area contributed by atoms with E-state index >= 15 is 0 Å². The van der Waals surface area contributed by atoms with Crippen LogP contribution in [-0.4, -0.2) is 22.4 Å². The Balaban J connectivity index is 2.09. The molecular weight excluding hydrogens is 286 g/mol. The van der Waals surface area contributed by atoms with Crippen LogP contribution in [-0.2, 0) is 13.0 Å². The summed E-state index contributed by atoms with van der Waals surface area (Å²) < 4.78 is 2.11. The Kier molecular flexibility index (Phi) is 4.33. The molecule has 1 aliphatic rings. The van der Waals surface area contributed by atoms with Crippen molar-refractivity contribution < 1.29 is 4.79 Å². The molecule has 0 amide bonds. The number of ketones is 1. The number of nitrogens with one attached hydrogen (secondary N) is 1. The van der Waals surface area contributed by atoms with E-state index in [1.807, 2.05) is 32.6 Å². The van der Waals surface area contributed by atoms with E-state index in [-0.39, 0.29) is 5.78 Å². The molecule has 0 bridgehead atoms. The number of Topliss-reactive ketones (excluding diaryl/α,β-unsaturated/α-hetero) is 1. The SMILES string of the molecule is CN/C=C(\C)c1cc(Cn2ccnc2C)cc2c1CCCC2=O. The fourth-order valence-corrected chi connectivity index (χ4v) is 3.32. The van der Waals surface area contributed by atoms with Crippen LogP contribution in [0.25, 0.3) is 5.57 Å². The lowest BCUT2D eigenvalue weighted by atomic mass is 9.84. The largest absolute Gasteiger partial charge is 0.394 e. The predicted octanol–water partition coefficient (Wildman–Crippen LogP) is 3.34. The highest BCUT2D eigenvalue weighted by atomic mass is 16.1. The fraction of sp³-hybridized carbons (Fsp3) is 0.368. The molecule has 0 saturated carbocycles. The molecule has 2 aromatic rings. The molecule has 1 aliphatic carbocycles. The van der Waals surface area contributed by atoms with Crippen molar-refractivity contribution in [2.75, 3.05) is 7.05 Å². The summed E-state index contributed by atoms with van der Waals surface area (Å²) in [4.78, 5) is 16.7. The highest BCUT2D eigenvalue weighted by Crippen LogP contribution is 2.30. The lowest BCUT2D eigenvalue weighted by Gasteiger charge is -2.21. The van der Waals surface area contributed by atoms with Crippen LogP contribution in [0, 0.1) is 6.92 Å². The zero-order valence-corrected chi connectivity index (χ0v) is 14.0. The molecule has 3 rings (SSSR count). The van der Waals surface area contributed by atoms with Gasteiger partial charge in [0.1, 0.15) is 5.82 Å². The fourth-order valence-electron chi connectivity index (χ4n) is 3.32. The molecular formula is C19H23N3O. The van der Waals surface area contributed by atoms with Crippen LogP contribution < -0.4 is 5.32 Å². The van der Waals surface area contributed by atoms with Gasteiger partial charge in [0.15, 0.2) is 5.78 Å². The minimum absolute atomic E-state index is 0.272. The minimum Gasteiger partial charge on any atom is -0.394 e. The van der Waals surface area contributed by atoms with E-state index in [9.17, 15) is 4.79 Å². The number of carbonyl (C=O) groups excluding carboxylic acids is 1. The van der Waals surface area contributed by atoms with Gasteiger partial charge in [-0.3, -0.25) is 4.79 Å². The van der Waals surface area contributed by atoms with Gasteiger partial charge in [0, 0.05) is 38.0 Å². The third-order valence-electron chi connectivity index (χ3n) is 4.50. The molecule has 1 aromatic heterocycles.